The molecule has 1 heterocycles. The Bertz CT molecular complexity index is 615. The van der Waals surface area contributed by atoms with Gasteiger partial charge in [-0.15, -0.1) is 11.3 Å². The van der Waals surface area contributed by atoms with E-state index in [1.54, 1.807) is 0 Å². The molecule has 0 saturated heterocycles. The highest BCUT2D eigenvalue weighted by molar-refractivity contribution is 14.1. The molecule has 0 saturated carbocycles. The fraction of sp³-hybridized carbons (Fsp3) is 0.412. The van der Waals surface area contributed by atoms with Gasteiger partial charge in [0.2, 0.25) is 0 Å². The number of thiophene rings is 1. The maximum Gasteiger partial charge on any atom is 0.0671 e. The van der Waals surface area contributed by atoms with Crippen LogP contribution in [-0.4, -0.2) is 6.54 Å². The van der Waals surface area contributed by atoms with Gasteiger partial charge in [-0.2, -0.15) is 0 Å². The van der Waals surface area contributed by atoms with Crippen LogP contribution in [-0.2, 0) is 5.41 Å². The van der Waals surface area contributed by atoms with Crippen LogP contribution >= 0.6 is 45.5 Å². The average molecular weight is 434 g/mol. The molecular formula is C17H21ClINS. The highest BCUT2D eigenvalue weighted by Gasteiger charge is 2.21. The predicted molar refractivity (Wildman–Crippen MR) is 103 cm³/mol. The topological polar surface area (TPSA) is 12.0 Å². The molecule has 0 aliphatic rings. The van der Waals surface area contributed by atoms with Crippen molar-refractivity contribution in [2.24, 2.45) is 0 Å². The molecule has 2 rings (SSSR count). The van der Waals surface area contributed by atoms with Crippen molar-refractivity contribution in [1.29, 1.82) is 0 Å². The van der Waals surface area contributed by atoms with E-state index in [1.165, 1.54) is 15.3 Å². The normalized spacial score (nSPS) is 13.4. The fourth-order valence-electron chi connectivity index (χ4n) is 2.19. The molecule has 0 spiro atoms. The zero-order chi connectivity index (χ0) is 15.6. The van der Waals surface area contributed by atoms with E-state index >= 15 is 0 Å². The summed E-state index contributed by atoms with van der Waals surface area (Å²) in [6.07, 6.45) is 0. The van der Waals surface area contributed by atoms with Crippen molar-refractivity contribution in [2.75, 3.05) is 6.54 Å². The second kappa shape index (κ2) is 6.99. The smallest absolute Gasteiger partial charge is 0.0671 e. The van der Waals surface area contributed by atoms with Gasteiger partial charge in [-0.25, -0.2) is 0 Å². The summed E-state index contributed by atoms with van der Waals surface area (Å²) in [6, 6.07) is 11.0. The predicted octanol–water partition coefficient (Wildman–Crippen LogP) is 6.00. The zero-order valence-electron chi connectivity index (χ0n) is 12.8. The average Bonchev–Trinajstić information content (AvgIpc) is 2.89. The van der Waals surface area contributed by atoms with Crippen molar-refractivity contribution in [2.45, 2.75) is 39.2 Å². The van der Waals surface area contributed by atoms with Crippen LogP contribution in [0.25, 0.3) is 0 Å². The molecule has 2 aromatic rings. The lowest BCUT2D eigenvalue weighted by atomic mass is 9.95. The first-order valence-electron chi connectivity index (χ1n) is 7.11. The number of hydrogen-bond acceptors (Lipinski definition) is 2. The minimum Gasteiger partial charge on any atom is -0.306 e. The highest BCUT2D eigenvalue weighted by atomic mass is 127. The molecule has 0 amide bonds. The van der Waals surface area contributed by atoms with Gasteiger partial charge >= 0.3 is 0 Å². The molecule has 0 fully saturated rings. The van der Waals surface area contributed by atoms with Crippen LogP contribution in [0.2, 0.25) is 5.02 Å². The van der Waals surface area contributed by atoms with Crippen LogP contribution < -0.4 is 5.32 Å². The lowest BCUT2D eigenvalue weighted by Gasteiger charge is -2.19. The van der Waals surface area contributed by atoms with Gasteiger partial charge in [0.1, 0.15) is 0 Å². The summed E-state index contributed by atoms with van der Waals surface area (Å²) in [4.78, 5) is 2.76. The van der Waals surface area contributed by atoms with Gasteiger partial charge in [0, 0.05) is 13.3 Å². The van der Waals surface area contributed by atoms with Gasteiger partial charge in [0.25, 0.3) is 0 Å². The van der Waals surface area contributed by atoms with E-state index in [-0.39, 0.29) is 11.5 Å². The molecule has 1 atom stereocenters. The van der Waals surface area contributed by atoms with E-state index < -0.39 is 0 Å². The lowest BCUT2D eigenvalue weighted by molar-refractivity contribution is 0.604. The van der Waals surface area contributed by atoms with Crippen LogP contribution in [0.15, 0.2) is 30.3 Å². The summed E-state index contributed by atoms with van der Waals surface area (Å²) < 4.78 is 1.09. The second-order valence-electron chi connectivity index (χ2n) is 6.12. The summed E-state index contributed by atoms with van der Waals surface area (Å²) in [6.45, 7) is 9.84. The highest BCUT2D eigenvalue weighted by Crippen LogP contribution is 2.35. The molecule has 21 heavy (non-hydrogen) atoms. The molecule has 0 aliphatic heterocycles. The Morgan fingerprint density at radius 1 is 1.24 bits per heavy atom. The van der Waals surface area contributed by atoms with Gasteiger partial charge in [0.05, 0.1) is 11.1 Å². The third-order valence-electron chi connectivity index (χ3n) is 3.34. The number of halogens is 2. The Labute approximate surface area is 150 Å². The van der Waals surface area contributed by atoms with E-state index in [0.29, 0.717) is 0 Å². The standard InChI is InChI=1S/C17H21ClINS/c1-5-20-16(11-6-7-13(19)12(18)10-11)14-8-9-15(21-14)17(2,3)4/h6-10,16,20H,5H2,1-4H3. The number of hydrogen-bond donors (Lipinski definition) is 1. The monoisotopic (exact) mass is 433 g/mol. The Hall–Kier alpha value is -0.100. The van der Waals surface area contributed by atoms with E-state index in [4.69, 9.17) is 11.6 Å². The van der Waals surface area contributed by atoms with Crippen LogP contribution in [0.1, 0.15) is 49.1 Å². The van der Waals surface area contributed by atoms with E-state index in [0.717, 1.165) is 15.1 Å². The van der Waals surface area contributed by atoms with Crippen LogP contribution in [0.4, 0.5) is 0 Å². The minimum absolute atomic E-state index is 0.198. The van der Waals surface area contributed by atoms with E-state index in [9.17, 15) is 0 Å². The van der Waals surface area contributed by atoms with Gasteiger partial charge in [-0.05, 0) is 64.4 Å². The minimum atomic E-state index is 0.198. The molecular weight excluding hydrogens is 413 g/mol. The molecule has 114 valence electrons. The first-order valence-corrected chi connectivity index (χ1v) is 9.38. The number of nitrogens with one attached hydrogen (secondary N) is 1. The third-order valence-corrected chi connectivity index (χ3v) is 6.48. The Morgan fingerprint density at radius 3 is 2.48 bits per heavy atom. The summed E-state index contributed by atoms with van der Waals surface area (Å²) in [5.41, 5.74) is 1.42. The fourth-order valence-corrected chi connectivity index (χ4v) is 3.88. The quantitative estimate of drug-likeness (QED) is 0.583. The first-order chi connectivity index (χ1) is 9.82. The van der Waals surface area contributed by atoms with E-state index in [2.05, 4.69) is 85.9 Å². The van der Waals surface area contributed by atoms with Crippen molar-refractivity contribution >= 4 is 45.5 Å². The van der Waals surface area contributed by atoms with Crippen molar-refractivity contribution in [3.8, 4) is 0 Å². The molecule has 1 aromatic heterocycles. The van der Waals surface area contributed by atoms with Crippen LogP contribution in [0, 0.1) is 3.57 Å². The van der Waals surface area contributed by atoms with Crippen molar-refractivity contribution in [3.63, 3.8) is 0 Å². The molecule has 1 aromatic carbocycles. The van der Waals surface area contributed by atoms with Crippen molar-refractivity contribution in [1.82, 2.24) is 5.32 Å². The summed E-state index contributed by atoms with van der Waals surface area (Å²) in [5.74, 6) is 0. The first kappa shape index (κ1) is 17.3. The third kappa shape index (κ3) is 4.21. The van der Waals surface area contributed by atoms with Gasteiger partial charge in [-0.1, -0.05) is 45.4 Å². The van der Waals surface area contributed by atoms with Gasteiger partial charge in [0.15, 0.2) is 0 Å². The SMILES string of the molecule is CCNC(c1ccc(I)c(Cl)c1)c1ccc(C(C)(C)C)s1. The van der Waals surface area contributed by atoms with Crippen LogP contribution in [0.3, 0.4) is 0 Å². The summed E-state index contributed by atoms with van der Waals surface area (Å²) >= 11 is 10.4. The van der Waals surface area contributed by atoms with Crippen molar-refractivity contribution < 1.29 is 0 Å². The molecule has 1 unspecified atom stereocenters. The lowest BCUT2D eigenvalue weighted by Crippen LogP contribution is -2.21. The largest absolute Gasteiger partial charge is 0.306 e. The molecule has 0 aliphatic carbocycles. The second-order valence-corrected chi connectivity index (χ2v) is 8.80. The Balaban J connectivity index is 2.38. The number of benzene rings is 1. The molecule has 4 heteroatoms. The van der Waals surface area contributed by atoms with Gasteiger partial charge in [-0.3, -0.25) is 0 Å². The molecule has 0 bridgehead atoms. The molecule has 1 N–H and O–H groups in total. The van der Waals surface area contributed by atoms with Gasteiger partial charge < -0.3 is 5.32 Å². The molecule has 1 nitrogen and oxygen atoms in total. The zero-order valence-corrected chi connectivity index (χ0v) is 16.6. The summed E-state index contributed by atoms with van der Waals surface area (Å²) in [5, 5.41) is 4.40. The number of rotatable bonds is 4. The Morgan fingerprint density at radius 2 is 1.95 bits per heavy atom. The van der Waals surface area contributed by atoms with Crippen molar-refractivity contribution in [3.05, 3.63) is 54.2 Å². The Kier molecular flexibility index (Phi) is 5.74. The maximum atomic E-state index is 6.29. The molecule has 0 radical (unpaired) electrons. The maximum absolute atomic E-state index is 6.29. The van der Waals surface area contributed by atoms with Crippen LogP contribution in [0.5, 0.6) is 0 Å². The summed E-state index contributed by atoms with van der Waals surface area (Å²) in [7, 11) is 0. The van der Waals surface area contributed by atoms with E-state index in [1.807, 2.05) is 11.3 Å².